The maximum Gasteiger partial charge on any atom is 0.216 e. The number of benzene rings is 1. The van der Waals surface area contributed by atoms with Gasteiger partial charge in [-0.25, -0.2) is 0 Å². The summed E-state index contributed by atoms with van der Waals surface area (Å²) < 4.78 is 5.56. The fraction of sp³-hybridized carbons (Fsp3) is 0.500. The Morgan fingerprint density at radius 3 is 3.11 bits per heavy atom. The van der Waals surface area contributed by atoms with Crippen LogP contribution in [0.5, 0.6) is 11.5 Å². The molecule has 1 atom stereocenters. The third-order valence-electron chi connectivity index (χ3n) is 3.15. The SMILES string of the molecule is CC(=O)NCCCNC1CCOc2ccc(O)cc21. The first kappa shape index (κ1) is 13.7. The van der Waals surface area contributed by atoms with Crippen molar-refractivity contribution in [1.82, 2.24) is 10.6 Å². The van der Waals surface area contributed by atoms with Crippen molar-refractivity contribution in [2.75, 3.05) is 19.7 Å². The van der Waals surface area contributed by atoms with Crippen molar-refractivity contribution in [2.24, 2.45) is 0 Å². The van der Waals surface area contributed by atoms with Gasteiger partial charge in [-0.15, -0.1) is 0 Å². The highest BCUT2D eigenvalue weighted by atomic mass is 16.5. The summed E-state index contributed by atoms with van der Waals surface area (Å²) in [5.41, 5.74) is 1.01. The summed E-state index contributed by atoms with van der Waals surface area (Å²) in [6.45, 7) is 3.70. The van der Waals surface area contributed by atoms with E-state index in [0.29, 0.717) is 13.2 Å². The Labute approximate surface area is 113 Å². The molecule has 3 N–H and O–H groups in total. The molecular weight excluding hydrogens is 244 g/mol. The number of rotatable bonds is 5. The Kier molecular flexibility index (Phi) is 4.63. The maximum atomic E-state index is 10.7. The van der Waals surface area contributed by atoms with Gasteiger partial charge in [0, 0.05) is 31.5 Å². The van der Waals surface area contributed by atoms with Gasteiger partial charge in [-0.1, -0.05) is 0 Å². The summed E-state index contributed by atoms with van der Waals surface area (Å²) in [7, 11) is 0. The number of carbonyl (C=O) groups is 1. The number of amides is 1. The topological polar surface area (TPSA) is 70.6 Å². The van der Waals surface area contributed by atoms with Crippen molar-refractivity contribution in [2.45, 2.75) is 25.8 Å². The van der Waals surface area contributed by atoms with Gasteiger partial charge >= 0.3 is 0 Å². The quantitative estimate of drug-likeness (QED) is 0.702. The lowest BCUT2D eigenvalue weighted by Gasteiger charge is -2.27. The largest absolute Gasteiger partial charge is 0.508 e. The van der Waals surface area contributed by atoms with Crippen LogP contribution < -0.4 is 15.4 Å². The highest BCUT2D eigenvalue weighted by molar-refractivity contribution is 5.72. The van der Waals surface area contributed by atoms with Gasteiger partial charge in [0.2, 0.25) is 5.91 Å². The molecule has 1 aliphatic rings. The fourth-order valence-corrected chi connectivity index (χ4v) is 2.22. The number of phenols is 1. The summed E-state index contributed by atoms with van der Waals surface area (Å²) in [6.07, 6.45) is 1.77. The minimum absolute atomic E-state index is 0.00124. The van der Waals surface area contributed by atoms with E-state index in [4.69, 9.17) is 4.74 Å². The predicted molar refractivity (Wildman–Crippen MR) is 72.3 cm³/mol. The van der Waals surface area contributed by atoms with Crippen LogP contribution in [0.25, 0.3) is 0 Å². The van der Waals surface area contributed by atoms with Crippen molar-refractivity contribution in [3.8, 4) is 11.5 Å². The van der Waals surface area contributed by atoms with Crippen molar-refractivity contribution in [3.05, 3.63) is 23.8 Å². The number of aromatic hydroxyl groups is 1. The number of hydrogen-bond donors (Lipinski definition) is 3. The van der Waals surface area contributed by atoms with E-state index in [1.807, 2.05) is 0 Å². The van der Waals surface area contributed by atoms with E-state index in [0.717, 1.165) is 30.7 Å². The summed E-state index contributed by atoms with van der Waals surface area (Å²) >= 11 is 0. The first-order valence-corrected chi connectivity index (χ1v) is 6.60. The minimum Gasteiger partial charge on any atom is -0.508 e. The van der Waals surface area contributed by atoms with E-state index < -0.39 is 0 Å². The second-order valence-electron chi connectivity index (χ2n) is 4.70. The molecule has 5 heteroatoms. The highest BCUT2D eigenvalue weighted by Gasteiger charge is 2.21. The number of phenolic OH excluding ortho intramolecular Hbond substituents is 1. The zero-order valence-electron chi connectivity index (χ0n) is 11.1. The molecular formula is C14H20N2O3. The molecule has 1 aromatic rings. The van der Waals surface area contributed by atoms with Crippen LogP contribution in [0.2, 0.25) is 0 Å². The van der Waals surface area contributed by atoms with Gasteiger partial charge in [0.15, 0.2) is 0 Å². The number of ether oxygens (including phenoxy) is 1. The summed E-state index contributed by atoms with van der Waals surface area (Å²) in [5, 5.41) is 15.8. The molecule has 1 unspecified atom stereocenters. The molecule has 1 aromatic carbocycles. The van der Waals surface area contributed by atoms with E-state index in [1.54, 1.807) is 18.2 Å². The average Bonchev–Trinajstić information content (AvgIpc) is 2.38. The minimum atomic E-state index is 0.00124. The number of carbonyl (C=O) groups excluding carboxylic acids is 1. The predicted octanol–water partition coefficient (Wildman–Crippen LogP) is 1.33. The van der Waals surface area contributed by atoms with Crippen LogP contribution in [-0.4, -0.2) is 30.7 Å². The van der Waals surface area contributed by atoms with E-state index in [2.05, 4.69) is 10.6 Å². The summed E-state index contributed by atoms with van der Waals surface area (Å²) in [6, 6.07) is 5.39. The Bertz CT molecular complexity index is 448. The lowest BCUT2D eigenvalue weighted by molar-refractivity contribution is -0.118. The third kappa shape index (κ3) is 3.86. The van der Waals surface area contributed by atoms with Crippen LogP contribution in [-0.2, 0) is 4.79 Å². The zero-order chi connectivity index (χ0) is 13.7. The van der Waals surface area contributed by atoms with E-state index >= 15 is 0 Å². The molecule has 0 fully saturated rings. The smallest absolute Gasteiger partial charge is 0.216 e. The van der Waals surface area contributed by atoms with E-state index in [1.165, 1.54) is 6.92 Å². The first-order chi connectivity index (χ1) is 9.16. The molecule has 1 amide bonds. The van der Waals surface area contributed by atoms with Gasteiger partial charge < -0.3 is 20.5 Å². The van der Waals surface area contributed by atoms with Gasteiger partial charge in [-0.05, 0) is 31.2 Å². The Balaban J connectivity index is 1.85. The number of hydrogen-bond acceptors (Lipinski definition) is 4. The molecule has 1 heterocycles. The standard InChI is InChI=1S/C14H20N2O3/c1-10(17)15-6-2-7-16-13-5-8-19-14-4-3-11(18)9-12(13)14/h3-4,9,13,16,18H,2,5-8H2,1H3,(H,15,17). The second-order valence-corrected chi connectivity index (χ2v) is 4.70. The number of fused-ring (bicyclic) bond motifs is 1. The molecule has 0 bridgehead atoms. The Morgan fingerprint density at radius 1 is 1.47 bits per heavy atom. The molecule has 2 rings (SSSR count). The maximum absolute atomic E-state index is 10.7. The molecule has 0 aliphatic carbocycles. The summed E-state index contributed by atoms with van der Waals surface area (Å²) in [5.74, 6) is 1.10. The van der Waals surface area contributed by atoms with Crippen LogP contribution in [0.4, 0.5) is 0 Å². The van der Waals surface area contributed by atoms with Crippen LogP contribution in [0, 0.1) is 0 Å². The molecule has 1 aliphatic heterocycles. The van der Waals surface area contributed by atoms with Crippen molar-refractivity contribution in [1.29, 1.82) is 0 Å². The Morgan fingerprint density at radius 2 is 2.32 bits per heavy atom. The number of nitrogens with one attached hydrogen (secondary N) is 2. The van der Waals surface area contributed by atoms with Crippen molar-refractivity contribution in [3.63, 3.8) is 0 Å². The third-order valence-corrected chi connectivity index (χ3v) is 3.15. The van der Waals surface area contributed by atoms with Gasteiger partial charge in [-0.2, -0.15) is 0 Å². The van der Waals surface area contributed by atoms with Crippen LogP contribution in [0.3, 0.4) is 0 Å². The fourth-order valence-electron chi connectivity index (χ4n) is 2.22. The van der Waals surface area contributed by atoms with Gasteiger partial charge in [0.1, 0.15) is 11.5 Å². The molecule has 19 heavy (non-hydrogen) atoms. The van der Waals surface area contributed by atoms with Crippen molar-refractivity contribution < 1.29 is 14.6 Å². The monoisotopic (exact) mass is 264 g/mol. The van der Waals surface area contributed by atoms with Crippen LogP contribution in [0.15, 0.2) is 18.2 Å². The molecule has 0 aromatic heterocycles. The zero-order valence-corrected chi connectivity index (χ0v) is 11.1. The van der Waals surface area contributed by atoms with Crippen molar-refractivity contribution >= 4 is 5.91 Å². The Hall–Kier alpha value is -1.75. The second kappa shape index (κ2) is 6.43. The van der Waals surface area contributed by atoms with E-state index in [-0.39, 0.29) is 17.7 Å². The van der Waals surface area contributed by atoms with E-state index in [9.17, 15) is 9.90 Å². The molecule has 5 nitrogen and oxygen atoms in total. The van der Waals surface area contributed by atoms with Gasteiger partial charge in [0.25, 0.3) is 0 Å². The summed E-state index contributed by atoms with van der Waals surface area (Å²) in [4.78, 5) is 10.7. The molecule has 0 spiro atoms. The lowest BCUT2D eigenvalue weighted by atomic mass is 10.00. The average molecular weight is 264 g/mol. The normalized spacial score (nSPS) is 17.4. The van der Waals surface area contributed by atoms with Crippen LogP contribution in [0.1, 0.15) is 31.4 Å². The molecule has 0 saturated heterocycles. The highest BCUT2D eigenvalue weighted by Crippen LogP contribution is 2.34. The molecule has 0 saturated carbocycles. The van der Waals surface area contributed by atoms with Gasteiger partial charge in [-0.3, -0.25) is 4.79 Å². The molecule has 104 valence electrons. The molecule has 0 radical (unpaired) electrons. The first-order valence-electron chi connectivity index (χ1n) is 6.60. The van der Waals surface area contributed by atoms with Crippen LogP contribution >= 0.6 is 0 Å². The van der Waals surface area contributed by atoms with Gasteiger partial charge in [0.05, 0.1) is 6.61 Å². The lowest BCUT2D eigenvalue weighted by Crippen LogP contribution is -2.30.